The Morgan fingerprint density at radius 2 is 0.700 bits per heavy atom. The molecule has 1 unspecified atom stereocenters. The molecule has 6 aromatic carbocycles. The summed E-state index contributed by atoms with van der Waals surface area (Å²) in [5, 5.41) is 53.1. The maximum absolute atomic E-state index is 11.5. The summed E-state index contributed by atoms with van der Waals surface area (Å²) >= 11 is 0. The Bertz CT molecular complexity index is 2070. The SMILES string of the molecule is O=C([O-])c1ccc(N(c2ccc(C(=O)[O-])cc2)c2ccc(-c3ccc(N(c4ccc(C(=O)O)cc4)c4ccc(C([O-])O)cc4)cc3)cc2)cc1. The summed E-state index contributed by atoms with van der Waals surface area (Å²) in [5.74, 6) is -3.64. The molecule has 0 aliphatic rings. The van der Waals surface area contributed by atoms with Crippen LogP contribution in [0.25, 0.3) is 11.1 Å². The molecule has 0 saturated heterocycles. The van der Waals surface area contributed by atoms with E-state index in [4.69, 9.17) is 0 Å². The zero-order chi connectivity index (χ0) is 35.4. The van der Waals surface area contributed by atoms with Gasteiger partial charge < -0.3 is 44.9 Å². The largest absolute Gasteiger partial charge is 0.828 e. The lowest BCUT2D eigenvalue weighted by molar-refractivity contribution is -0.490. The van der Waals surface area contributed by atoms with Crippen LogP contribution in [0.1, 0.15) is 42.9 Å². The molecule has 6 rings (SSSR count). The Balaban J connectivity index is 1.32. The summed E-state index contributed by atoms with van der Waals surface area (Å²) in [6.07, 6.45) is -1.87. The molecule has 0 aliphatic heterocycles. The average molecular weight is 664 g/mol. The minimum Gasteiger partial charge on any atom is -0.828 e. The predicted octanol–water partition coefficient (Wildman–Crippen LogP) is 5.07. The van der Waals surface area contributed by atoms with E-state index in [0.717, 1.165) is 22.5 Å². The highest BCUT2D eigenvalue weighted by Gasteiger charge is 2.16. The summed E-state index contributed by atoms with van der Waals surface area (Å²) in [5.41, 5.74) is 6.34. The minimum absolute atomic E-state index is 0.0221. The number of carbonyl (C=O) groups excluding carboxylic acids is 2. The van der Waals surface area contributed by atoms with E-state index in [1.165, 1.54) is 36.4 Å². The molecular weight excluding hydrogens is 636 g/mol. The van der Waals surface area contributed by atoms with Gasteiger partial charge in [-0.25, -0.2) is 4.79 Å². The van der Waals surface area contributed by atoms with Gasteiger partial charge in [-0.2, -0.15) is 0 Å². The molecule has 10 nitrogen and oxygen atoms in total. The number of carbonyl (C=O) groups is 3. The molecule has 2 N–H and O–H groups in total. The van der Waals surface area contributed by atoms with Gasteiger partial charge in [-0.15, -0.1) is 0 Å². The van der Waals surface area contributed by atoms with Gasteiger partial charge in [-0.05, 0) is 113 Å². The van der Waals surface area contributed by atoms with Crippen molar-refractivity contribution < 1.29 is 39.9 Å². The van der Waals surface area contributed by atoms with Crippen molar-refractivity contribution in [3.05, 3.63) is 168 Å². The van der Waals surface area contributed by atoms with Crippen LogP contribution >= 0.6 is 0 Å². The van der Waals surface area contributed by atoms with Gasteiger partial charge in [0, 0.05) is 40.4 Å². The first kappa shape index (κ1) is 33.2. The summed E-state index contributed by atoms with van der Waals surface area (Å²) < 4.78 is 0. The number of carboxylic acids is 3. The van der Waals surface area contributed by atoms with Crippen LogP contribution in [0.4, 0.5) is 34.1 Å². The molecule has 0 radical (unpaired) electrons. The molecule has 0 saturated carbocycles. The van der Waals surface area contributed by atoms with Crippen molar-refractivity contribution in [2.75, 3.05) is 9.80 Å². The quantitative estimate of drug-likeness (QED) is 0.179. The maximum Gasteiger partial charge on any atom is 0.335 e. The number of nitrogens with zero attached hydrogens (tertiary/aromatic N) is 2. The van der Waals surface area contributed by atoms with Crippen LogP contribution in [-0.4, -0.2) is 28.1 Å². The second-order valence-electron chi connectivity index (χ2n) is 11.2. The number of rotatable bonds is 11. The molecule has 0 fully saturated rings. The number of carboxylic acid groups (broad SMARTS) is 3. The van der Waals surface area contributed by atoms with Gasteiger partial charge in [-0.1, -0.05) is 60.7 Å². The molecule has 6 aromatic rings. The molecule has 248 valence electrons. The number of hydrogen-bond acceptors (Lipinski definition) is 9. The zero-order valence-electron chi connectivity index (χ0n) is 26.2. The van der Waals surface area contributed by atoms with Crippen molar-refractivity contribution in [1.29, 1.82) is 0 Å². The van der Waals surface area contributed by atoms with Gasteiger partial charge in [0.1, 0.15) is 0 Å². The summed E-state index contributed by atoms with van der Waals surface area (Å²) in [7, 11) is 0. The third-order valence-corrected chi connectivity index (χ3v) is 8.12. The van der Waals surface area contributed by atoms with Gasteiger partial charge in [0.25, 0.3) is 0 Å². The normalized spacial score (nSPS) is 11.4. The lowest BCUT2D eigenvalue weighted by atomic mass is 10.0. The van der Waals surface area contributed by atoms with E-state index in [0.29, 0.717) is 22.7 Å². The topological polar surface area (TPSA) is 167 Å². The number of aromatic carboxylic acids is 3. The van der Waals surface area contributed by atoms with Crippen LogP contribution in [0.3, 0.4) is 0 Å². The highest BCUT2D eigenvalue weighted by molar-refractivity contribution is 5.90. The van der Waals surface area contributed by atoms with Gasteiger partial charge >= 0.3 is 5.97 Å². The zero-order valence-corrected chi connectivity index (χ0v) is 26.2. The molecule has 10 heteroatoms. The van der Waals surface area contributed by atoms with Gasteiger partial charge in [-0.3, -0.25) is 0 Å². The Hall–Kier alpha value is -6.75. The molecule has 1 atom stereocenters. The molecular formula is C40H27N2O8-3. The third kappa shape index (κ3) is 7.07. The fourth-order valence-electron chi connectivity index (χ4n) is 5.53. The summed E-state index contributed by atoms with van der Waals surface area (Å²) in [4.78, 5) is 37.9. The molecule has 0 bridgehead atoms. The van der Waals surface area contributed by atoms with Crippen molar-refractivity contribution >= 4 is 52.0 Å². The van der Waals surface area contributed by atoms with E-state index >= 15 is 0 Å². The Morgan fingerprint density at radius 1 is 0.440 bits per heavy atom. The molecule has 0 heterocycles. The maximum atomic E-state index is 11.5. The van der Waals surface area contributed by atoms with Gasteiger partial charge in [0.2, 0.25) is 0 Å². The molecule has 50 heavy (non-hydrogen) atoms. The van der Waals surface area contributed by atoms with Crippen molar-refractivity contribution in [2.24, 2.45) is 0 Å². The number of aliphatic hydroxyl groups is 1. The van der Waals surface area contributed by atoms with Crippen LogP contribution in [0.2, 0.25) is 0 Å². The van der Waals surface area contributed by atoms with E-state index in [9.17, 15) is 39.9 Å². The van der Waals surface area contributed by atoms with Crippen LogP contribution in [0, 0.1) is 0 Å². The van der Waals surface area contributed by atoms with Crippen molar-refractivity contribution in [1.82, 2.24) is 0 Å². The van der Waals surface area contributed by atoms with Gasteiger partial charge in [0.15, 0.2) is 0 Å². The van der Waals surface area contributed by atoms with E-state index in [1.807, 2.05) is 58.3 Å². The lowest BCUT2D eigenvalue weighted by Crippen LogP contribution is -2.22. The fourth-order valence-corrected chi connectivity index (χ4v) is 5.53. The molecule has 0 aliphatic carbocycles. The first-order valence-corrected chi connectivity index (χ1v) is 15.3. The van der Waals surface area contributed by atoms with E-state index in [2.05, 4.69) is 0 Å². The second-order valence-corrected chi connectivity index (χ2v) is 11.2. The monoisotopic (exact) mass is 663 g/mol. The van der Waals surface area contributed by atoms with Crippen molar-refractivity contribution in [3.8, 4) is 11.1 Å². The fraction of sp³-hybridized carbons (Fsp3) is 0.0250. The number of hydrogen-bond donors (Lipinski definition) is 2. The smallest absolute Gasteiger partial charge is 0.335 e. The van der Waals surface area contributed by atoms with Crippen LogP contribution < -0.4 is 25.1 Å². The van der Waals surface area contributed by atoms with E-state index in [-0.39, 0.29) is 22.3 Å². The molecule has 0 spiro atoms. The minimum atomic E-state index is -1.87. The number of anilines is 6. The Kier molecular flexibility index (Phi) is 9.39. The summed E-state index contributed by atoms with van der Waals surface area (Å²) in [6, 6.07) is 40.6. The van der Waals surface area contributed by atoms with E-state index < -0.39 is 24.2 Å². The van der Waals surface area contributed by atoms with Crippen LogP contribution in [-0.2, 0) is 0 Å². The Morgan fingerprint density at radius 3 is 0.960 bits per heavy atom. The van der Waals surface area contributed by atoms with Crippen LogP contribution in [0.5, 0.6) is 0 Å². The molecule has 0 amide bonds. The van der Waals surface area contributed by atoms with Gasteiger partial charge in [0.05, 0.1) is 17.5 Å². The predicted molar refractivity (Wildman–Crippen MR) is 182 cm³/mol. The number of aliphatic hydroxyl groups excluding tert-OH is 1. The highest BCUT2D eigenvalue weighted by Crippen LogP contribution is 2.38. The highest BCUT2D eigenvalue weighted by atomic mass is 16.5. The van der Waals surface area contributed by atoms with Crippen LogP contribution in [0.15, 0.2) is 146 Å². The van der Waals surface area contributed by atoms with E-state index in [1.54, 1.807) is 60.7 Å². The number of benzene rings is 6. The standard InChI is InChI=1S/C40H29N2O8/c43-37(44)27-5-17-33(18-6-27)41(34-19-7-28(8-20-34)38(45)46)31-13-1-25(2-14-31)26-3-15-32(16-4-26)42(35-21-9-29(10-22-35)39(47)48)36-23-11-30(12-24-36)40(49)50/h1-24,37,43H,(H,45,46)(H,47,48)(H,49,50)/q-1/p-2. The second kappa shape index (κ2) is 14.2. The lowest BCUT2D eigenvalue weighted by Gasteiger charge is -2.27. The average Bonchev–Trinajstić information content (AvgIpc) is 3.13. The van der Waals surface area contributed by atoms with Crippen molar-refractivity contribution in [3.63, 3.8) is 0 Å². The Labute approximate surface area is 286 Å². The first-order valence-electron chi connectivity index (χ1n) is 15.3. The van der Waals surface area contributed by atoms with Crippen molar-refractivity contribution in [2.45, 2.75) is 6.29 Å². The summed E-state index contributed by atoms with van der Waals surface area (Å²) in [6.45, 7) is 0. The molecule has 0 aromatic heterocycles. The first-order chi connectivity index (χ1) is 24.1. The third-order valence-electron chi connectivity index (χ3n) is 8.12.